The molecule has 0 aromatic heterocycles. The number of carbonyl (C=O) groups excluding carboxylic acids is 1. The number of hydrogen-bond donors (Lipinski definition) is 0. The van der Waals surface area contributed by atoms with E-state index in [-0.39, 0.29) is 5.91 Å². The van der Waals surface area contributed by atoms with E-state index < -0.39 is 0 Å². The lowest BCUT2D eigenvalue weighted by molar-refractivity contribution is -0.123. The standard InChI is InChI=1S/C25H35N3O/c1-3-27(4-2)22-15-13-19(14-16-22)17-20-18-24(26-21-9-5-6-10-21)28(25(20)29)23-11-7-8-12-23/h13-17,21,23H,3-12,18H2,1-2H3/b20-17-,26-24-. The van der Waals surface area contributed by atoms with Crippen LogP contribution in [-0.4, -0.2) is 41.8 Å². The summed E-state index contributed by atoms with van der Waals surface area (Å²) in [7, 11) is 0. The van der Waals surface area contributed by atoms with E-state index in [1.54, 1.807) is 0 Å². The molecule has 0 atom stereocenters. The first-order chi connectivity index (χ1) is 14.2. The first-order valence-electron chi connectivity index (χ1n) is 11.7. The third kappa shape index (κ3) is 4.41. The van der Waals surface area contributed by atoms with E-state index in [0.29, 0.717) is 18.5 Å². The van der Waals surface area contributed by atoms with Gasteiger partial charge in [0.15, 0.2) is 0 Å². The fraction of sp³-hybridized carbons (Fsp3) is 0.600. The molecule has 0 N–H and O–H groups in total. The van der Waals surface area contributed by atoms with Gasteiger partial charge in [0, 0.05) is 36.8 Å². The Kier molecular flexibility index (Phi) is 6.37. The number of hydrogen-bond acceptors (Lipinski definition) is 3. The highest BCUT2D eigenvalue weighted by atomic mass is 16.2. The van der Waals surface area contributed by atoms with Crippen LogP contribution < -0.4 is 4.90 Å². The average Bonchev–Trinajstić information content (AvgIpc) is 3.48. The molecule has 0 bridgehead atoms. The number of carbonyl (C=O) groups is 1. The van der Waals surface area contributed by atoms with Gasteiger partial charge in [-0.3, -0.25) is 14.7 Å². The fourth-order valence-electron chi connectivity index (χ4n) is 5.18. The van der Waals surface area contributed by atoms with Crippen LogP contribution in [0.15, 0.2) is 34.8 Å². The van der Waals surface area contributed by atoms with Gasteiger partial charge < -0.3 is 4.90 Å². The molecule has 3 aliphatic rings. The number of aliphatic imine (C=N–C) groups is 1. The van der Waals surface area contributed by atoms with Crippen LogP contribution in [0.1, 0.15) is 77.2 Å². The van der Waals surface area contributed by atoms with Gasteiger partial charge >= 0.3 is 0 Å². The molecule has 0 radical (unpaired) electrons. The minimum absolute atomic E-state index is 0.196. The largest absolute Gasteiger partial charge is 0.372 e. The normalized spacial score (nSPS) is 23.8. The molecule has 1 aromatic carbocycles. The Morgan fingerprint density at radius 3 is 2.24 bits per heavy atom. The summed E-state index contributed by atoms with van der Waals surface area (Å²) in [5.41, 5.74) is 3.26. The second-order valence-electron chi connectivity index (χ2n) is 8.71. The Morgan fingerprint density at radius 2 is 1.62 bits per heavy atom. The molecule has 1 saturated heterocycles. The highest BCUT2D eigenvalue weighted by molar-refractivity contribution is 6.17. The van der Waals surface area contributed by atoms with Gasteiger partial charge in [-0.1, -0.05) is 37.8 Å². The molecule has 4 nitrogen and oxygen atoms in total. The van der Waals surface area contributed by atoms with Crippen molar-refractivity contribution in [3.63, 3.8) is 0 Å². The second kappa shape index (κ2) is 9.15. The molecule has 2 aliphatic carbocycles. The summed E-state index contributed by atoms with van der Waals surface area (Å²) in [6.07, 6.45) is 12.4. The Balaban J connectivity index is 1.57. The van der Waals surface area contributed by atoms with Crippen molar-refractivity contribution < 1.29 is 4.79 Å². The fourth-order valence-corrected chi connectivity index (χ4v) is 5.18. The molecule has 2 saturated carbocycles. The van der Waals surface area contributed by atoms with E-state index >= 15 is 0 Å². The summed E-state index contributed by atoms with van der Waals surface area (Å²) in [6, 6.07) is 9.40. The predicted octanol–water partition coefficient (Wildman–Crippen LogP) is 5.43. The maximum Gasteiger partial charge on any atom is 0.255 e. The SMILES string of the molecule is CCN(CC)c1ccc(/C=C2/C/C(=N/C3CCCC3)N(C3CCCC3)C2=O)cc1. The van der Waals surface area contributed by atoms with Crippen molar-refractivity contribution in [2.75, 3.05) is 18.0 Å². The third-order valence-corrected chi connectivity index (χ3v) is 6.83. The first-order valence-corrected chi connectivity index (χ1v) is 11.7. The Morgan fingerprint density at radius 1 is 1.00 bits per heavy atom. The number of likely N-dealkylation sites (tertiary alicyclic amines) is 1. The van der Waals surface area contributed by atoms with Gasteiger partial charge in [-0.05, 0) is 63.3 Å². The number of nitrogens with zero attached hydrogens (tertiary/aromatic N) is 3. The zero-order valence-corrected chi connectivity index (χ0v) is 18.1. The van der Waals surface area contributed by atoms with Crippen molar-refractivity contribution in [1.82, 2.24) is 4.90 Å². The van der Waals surface area contributed by atoms with Gasteiger partial charge in [-0.25, -0.2) is 0 Å². The topological polar surface area (TPSA) is 35.9 Å². The summed E-state index contributed by atoms with van der Waals surface area (Å²) in [6.45, 7) is 6.37. The van der Waals surface area contributed by atoms with E-state index in [0.717, 1.165) is 42.9 Å². The Bertz CT molecular complexity index is 764. The zero-order valence-electron chi connectivity index (χ0n) is 18.1. The van der Waals surface area contributed by atoms with Crippen molar-refractivity contribution in [2.24, 2.45) is 4.99 Å². The summed E-state index contributed by atoms with van der Waals surface area (Å²) in [4.78, 5) is 22.8. The molecule has 3 fully saturated rings. The molecule has 156 valence electrons. The Labute approximate surface area is 175 Å². The van der Waals surface area contributed by atoms with Gasteiger partial charge in [0.2, 0.25) is 0 Å². The quantitative estimate of drug-likeness (QED) is 0.604. The number of amides is 1. The van der Waals surface area contributed by atoms with Crippen molar-refractivity contribution >= 4 is 23.5 Å². The molecule has 1 aliphatic heterocycles. The molecule has 1 aromatic rings. The van der Waals surface area contributed by atoms with Gasteiger partial charge in [0.05, 0.1) is 6.04 Å². The number of anilines is 1. The third-order valence-electron chi connectivity index (χ3n) is 6.83. The number of amidine groups is 1. The smallest absolute Gasteiger partial charge is 0.255 e. The molecular weight excluding hydrogens is 358 g/mol. The molecular formula is C25H35N3O. The lowest BCUT2D eigenvalue weighted by atomic mass is 10.1. The number of rotatable bonds is 6. The molecule has 4 rings (SSSR count). The van der Waals surface area contributed by atoms with Crippen LogP contribution >= 0.6 is 0 Å². The monoisotopic (exact) mass is 393 g/mol. The molecule has 1 amide bonds. The predicted molar refractivity (Wildman–Crippen MR) is 121 cm³/mol. The Hall–Kier alpha value is -2.10. The van der Waals surface area contributed by atoms with E-state index in [9.17, 15) is 4.79 Å². The van der Waals surface area contributed by atoms with Crippen LogP contribution in [0.25, 0.3) is 6.08 Å². The summed E-state index contributed by atoms with van der Waals surface area (Å²) < 4.78 is 0. The minimum Gasteiger partial charge on any atom is -0.372 e. The minimum atomic E-state index is 0.196. The van der Waals surface area contributed by atoms with Crippen LogP contribution in [0, 0.1) is 0 Å². The van der Waals surface area contributed by atoms with Crippen molar-refractivity contribution in [3.8, 4) is 0 Å². The maximum absolute atomic E-state index is 13.3. The van der Waals surface area contributed by atoms with Crippen LogP contribution in [0.4, 0.5) is 5.69 Å². The second-order valence-corrected chi connectivity index (χ2v) is 8.71. The zero-order chi connectivity index (χ0) is 20.2. The van der Waals surface area contributed by atoms with Crippen LogP contribution in [0.2, 0.25) is 0 Å². The van der Waals surface area contributed by atoms with Gasteiger partial charge in [0.1, 0.15) is 5.84 Å². The summed E-state index contributed by atoms with van der Waals surface area (Å²) >= 11 is 0. The maximum atomic E-state index is 13.3. The molecule has 4 heteroatoms. The molecule has 29 heavy (non-hydrogen) atoms. The van der Waals surface area contributed by atoms with Crippen molar-refractivity contribution in [3.05, 3.63) is 35.4 Å². The molecule has 0 spiro atoms. The van der Waals surface area contributed by atoms with Crippen molar-refractivity contribution in [2.45, 2.75) is 83.7 Å². The van der Waals surface area contributed by atoms with Crippen LogP contribution in [-0.2, 0) is 4.79 Å². The average molecular weight is 394 g/mol. The van der Waals surface area contributed by atoms with Gasteiger partial charge in [-0.15, -0.1) is 0 Å². The van der Waals surface area contributed by atoms with Crippen molar-refractivity contribution in [1.29, 1.82) is 0 Å². The van der Waals surface area contributed by atoms with Crippen LogP contribution in [0.3, 0.4) is 0 Å². The number of benzene rings is 1. The van der Waals surface area contributed by atoms with E-state index in [4.69, 9.17) is 4.99 Å². The molecule has 0 unspecified atom stereocenters. The lowest BCUT2D eigenvalue weighted by Crippen LogP contribution is -2.38. The first kappa shape index (κ1) is 20.2. The van der Waals surface area contributed by atoms with E-state index in [2.05, 4.69) is 54.0 Å². The van der Waals surface area contributed by atoms with E-state index in [1.165, 1.54) is 44.2 Å². The molecule has 1 heterocycles. The lowest BCUT2D eigenvalue weighted by Gasteiger charge is -2.24. The van der Waals surface area contributed by atoms with E-state index in [1.807, 2.05) is 0 Å². The summed E-state index contributed by atoms with van der Waals surface area (Å²) in [5, 5.41) is 0. The van der Waals surface area contributed by atoms with Gasteiger partial charge in [-0.2, -0.15) is 0 Å². The summed E-state index contributed by atoms with van der Waals surface area (Å²) in [5.74, 6) is 1.24. The van der Waals surface area contributed by atoms with Gasteiger partial charge in [0.25, 0.3) is 5.91 Å². The highest BCUT2D eigenvalue weighted by Crippen LogP contribution is 2.33. The van der Waals surface area contributed by atoms with Crippen LogP contribution in [0.5, 0.6) is 0 Å². The highest BCUT2D eigenvalue weighted by Gasteiger charge is 2.38.